The lowest BCUT2D eigenvalue weighted by atomic mass is 10.1. The minimum Gasteiger partial charge on any atom is -0.368 e. The van der Waals surface area contributed by atoms with Crippen LogP contribution in [0.3, 0.4) is 0 Å². The lowest BCUT2D eigenvalue weighted by Gasteiger charge is -2.34. The minimum atomic E-state index is -1.46. The van der Waals surface area contributed by atoms with Gasteiger partial charge in [0.15, 0.2) is 0 Å². The monoisotopic (exact) mass is 503 g/mol. The summed E-state index contributed by atoms with van der Waals surface area (Å²) in [5, 5.41) is 3.16. The number of piperazine rings is 1. The molecule has 0 unspecified atom stereocenters. The highest BCUT2D eigenvalue weighted by Crippen LogP contribution is 2.42. The number of hydrogen-bond acceptors (Lipinski definition) is 3. The molecule has 110 valence electrons. The fourth-order valence-electron chi connectivity index (χ4n) is 2.37. The standard InChI is InChI=1S/C13H16FI2N3O/c14-13(15,16)10-4-2-1-3-9(10)8-19-6-5-18-7-11(19)12(17)20/h1-4,11,18H,5-8H2,(H2,17,20)/t11-/m0/s1. The summed E-state index contributed by atoms with van der Waals surface area (Å²) in [6.07, 6.45) is 0. The van der Waals surface area contributed by atoms with Crippen LogP contribution in [-0.4, -0.2) is 36.5 Å². The number of carbonyl (C=O) groups excluding carboxylic acids is 1. The molecule has 0 radical (unpaired) electrons. The molecule has 3 N–H and O–H groups in total. The maximum atomic E-state index is 14.2. The van der Waals surface area contributed by atoms with E-state index in [1.165, 1.54) is 0 Å². The van der Waals surface area contributed by atoms with Crippen molar-refractivity contribution in [3.05, 3.63) is 35.4 Å². The second-order valence-corrected chi connectivity index (χ2v) is 9.78. The smallest absolute Gasteiger partial charge is 0.236 e. The van der Waals surface area contributed by atoms with E-state index in [0.29, 0.717) is 18.7 Å². The number of nitrogens with one attached hydrogen (secondary N) is 1. The number of rotatable bonds is 4. The maximum absolute atomic E-state index is 14.2. The largest absolute Gasteiger partial charge is 0.368 e. The fourth-order valence-corrected chi connectivity index (χ4v) is 3.42. The van der Waals surface area contributed by atoms with Gasteiger partial charge in [0, 0.05) is 31.7 Å². The number of amides is 1. The summed E-state index contributed by atoms with van der Waals surface area (Å²) in [5.74, 6) is -0.342. The van der Waals surface area contributed by atoms with Crippen molar-refractivity contribution < 1.29 is 9.18 Å². The van der Waals surface area contributed by atoms with Crippen molar-refractivity contribution in [1.82, 2.24) is 10.2 Å². The lowest BCUT2D eigenvalue weighted by molar-refractivity contribution is -0.124. The van der Waals surface area contributed by atoms with E-state index >= 15 is 0 Å². The topological polar surface area (TPSA) is 58.4 Å². The molecule has 1 atom stereocenters. The van der Waals surface area contributed by atoms with Gasteiger partial charge in [0.05, 0.1) is 0 Å². The predicted molar refractivity (Wildman–Crippen MR) is 93.5 cm³/mol. The van der Waals surface area contributed by atoms with Crippen molar-refractivity contribution in [3.63, 3.8) is 0 Å². The number of nitrogens with zero attached hydrogens (tertiary/aromatic N) is 1. The van der Waals surface area contributed by atoms with Gasteiger partial charge in [0.2, 0.25) is 7.59 Å². The minimum absolute atomic E-state index is 0.339. The van der Waals surface area contributed by atoms with Crippen molar-refractivity contribution in [3.8, 4) is 0 Å². The van der Waals surface area contributed by atoms with Gasteiger partial charge in [-0.3, -0.25) is 9.69 Å². The SMILES string of the molecule is NC(=O)[C@@H]1CNCCN1Cc1ccccc1C(F)(I)I. The maximum Gasteiger partial charge on any atom is 0.236 e. The lowest BCUT2D eigenvalue weighted by Crippen LogP contribution is -2.56. The second kappa shape index (κ2) is 6.84. The van der Waals surface area contributed by atoms with Gasteiger partial charge in [-0.05, 0) is 50.7 Å². The number of alkyl halides is 3. The normalized spacial score (nSPS) is 20.9. The summed E-state index contributed by atoms with van der Waals surface area (Å²) in [4.78, 5) is 13.5. The van der Waals surface area contributed by atoms with Gasteiger partial charge in [-0.25, -0.2) is 4.39 Å². The summed E-state index contributed by atoms with van der Waals surface area (Å²) in [6.45, 7) is 2.61. The number of primary amides is 1. The quantitative estimate of drug-likeness (QED) is 0.488. The van der Waals surface area contributed by atoms with E-state index in [2.05, 4.69) is 5.32 Å². The first-order chi connectivity index (χ1) is 9.39. The van der Waals surface area contributed by atoms with Crippen molar-refractivity contribution >= 4 is 51.1 Å². The number of halogens is 3. The molecule has 1 aliphatic rings. The van der Waals surface area contributed by atoms with Gasteiger partial charge in [-0.2, -0.15) is 0 Å². The summed E-state index contributed by atoms with van der Waals surface area (Å²) in [5.41, 5.74) is 6.97. The van der Waals surface area contributed by atoms with E-state index in [1.807, 2.05) is 23.1 Å². The molecule has 0 aromatic heterocycles. The number of hydrogen-bond donors (Lipinski definition) is 2. The third-order valence-corrected chi connectivity index (χ3v) is 4.54. The molecule has 2 rings (SSSR count). The average molecular weight is 503 g/mol. The first-order valence-electron chi connectivity index (χ1n) is 6.29. The number of nitrogens with two attached hydrogens (primary N) is 1. The van der Waals surface area contributed by atoms with Crippen molar-refractivity contribution in [2.45, 2.75) is 14.3 Å². The van der Waals surface area contributed by atoms with Crippen LogP contribution >= 0.6 is 45.2 Å². The van der Waals surface area contributed by atoms with Crippen LogP contribution < -0.4 is 11.1 Å². The Labute approximate surface area is 144 Å². The van der Waals surface area contributed by atoms with Crippen molar-refractivity contribution in [2.24, 2.45) is 5.73 Å². The molecule has 1 heterocycles. The highest BCUT2D eigenvalue weighted by atomic mass is 127. The zero-order valence-electron chi connectivity index (χ0n) is 10.8. The molecule has 1 aromatic rings. The molecule has 1 aromatic carbocycles. The molecule has 0 aliphatic carbocycles. The zero-order chi connectivity index (χ0) is 14.8. The van der Waals surface area contributed by atoms with Gasteiger partial charge >= 0.3 is 0 Å². The van der Waals surface area contributed by atoms with Crippen LogP contribution in [0.25, 0.3) is 0 Å². The Hall–Kier alpha value is 0.000000000000000222. The Bertz CT molecular complexity index is 493. The third-order valence-electron chi connectivity index (χ3n) is 3.38. The number of carbonyl (C=O) groups is 1. The zero-order valence-corrected chi connectivity index (χ0v) is 15.1. The number of benzene rings is 1. The molecule has 7 heteroatoms. The summed E-state index contributed by atoms with van der Waals surface area (Å²) in [7, 11) is 0. The Morgan fingerprint density at radius 2 is 2.20 bits per heavy atom. The molecular formula is C13H16FI2N3O. The molecule has 1 amide bonds. The summed E-state index contributed by atoms with van der Waals surface area (Å²) < 4.78 is 12.8. The first kappa shape index (κ1) is 16.4. The van der Waals surface area contributed by atoms with Gasteiger partial charge in [-0.1, -0.05) is 24.3 Å². The molecule has 1 saturated heterocycles. The Balaban J connectivity index is 2.23. The highest BCUT2D eigenvalue weighted by Gasteiger charge is 2.30. The Kier molecular flexibility index (Phi) is 5.60. The van der Waals surface area contributed by atoms with E-state index in [9.17, 15) is 9.18 Å². The van der Waals surface area contributed by atoms with Gasteiger partial charge < -0.3 is 11.1 Å². The van der Waals surface area contributed by atoms with Crippen LogP contribution in [0.15, 0.2) is 24.3 Å². The van der Waals surface area contributed by atoms with Crippen LogP contribution in [-0.2, 0) is 13.0 Å². The molecule has 0 saturated carbocycles. The van der Waals surface area contributed by atoms with Gasteiger partial charge in [0.1, 0.15) is 6.04 Å². The Morgan fingerprint density at radius 3 is 2.85 bits per heavy atom. The van der Waals surface area contributed by atoms with Crippen molar-refractivity contribution in [2.75, 3.05) is 19.6 Å². The predicted octanol–water partition coefficient (Wildman–Crippen LogP) is 1.90. The van der Waals surface area contributed by atoms with E-state index in [1.54, 1.807) is 51.2 Å². The van der Waals surface area contributed by atoms with E-state index < -0.39 is 1.68 Å². The van der Waals surface area contributed by atoms with Gasteiger partial charge in [0.25, 0.3) is 0 Å². The van der Waals surface area contributed by atoms with Crippen LogP contribution in [0.5, 0.6) is 0 Å². The van der Waals surface area contributed by atoms with Crippen LogP contribution in [0.4, 0.5) is 4.39 Å². The van der Waals surface area contributed by atoms with E-state index in [0.717, 1.165) is 18.7 Å². The van der Waals surface area contributed by atoms with Crippen LogP contribution in [0.1, 0.15) is 11.1 Å². The highest BCUT2D eigenvalue weighted by molar-refractivity contribution is 14.2. The van der Waals surface area contributed by atoms with E-state index in [4.69, 9.17) is 5.73 Å². The second-order valence-electron chi connectivity index (χ2n) is 4.75. The Morgan fingerprint density at radius 1 is 1.50 bits per heavy atom. The third kappa shape index (κ3) is 4.01. The van der Waals surface area contributed by atoms with Crippen LogP contribution in [0.2, 0.25) is 0 Å². The summed E-state index contributed by atoms with van der Waals surface area (Å²) in [6, 6.07) is 7.07. The molecular weight excluding hydrogens is 487 g/mol. The van der Waals surface area contributed by atoms with Gasteiger partial charge in [-0.15, -0.1) is 0 Å². The molecule has 1 aliphatic heterocycles. The molecule has 20 heavy (non-hydrogen) atoms. The molecule has 4 nitrogen and oxygen atoms in total. The average Bonchev–Trinajstić information content (AvgIpc) is 2.38. The fraction of sp³-hybridized carbons (Fsp3) is 0.462. The van der Waals surface area contributed by atoms with Crippen LogP contribution in [0, 0.1) is 0 Å². The molecule has 1 fully saturated rings. The van der Waals surface area contributed by atoms with E-state index in [-0.39, 0.29) is 11.9 Å². The molecule has 0 spiro atoms. The first-order valence-corrected chi connectivity index (χ1v) is 8.44. The molecule has 0 bridgehead atoms. The van der Waals surface area contributed by atoms with Crippen molar-refractivity contribution in [1.29, 1.82) is 0 Å². The summed E-state index contributed by atoms with van der Waals surface area (Å²) >= 11 is 3.56.